The van der Waals surface area contributed by atoms with Crippen molar-refractivity contribution >= 4 is 11.8 Å². The van der Waals surface area contributed by atoms with Crippen LogP contribution < -0.4 is 16.8 Å². The van der Waals surface area contributed by atoms with E-state index < -0.39 is 11.9 Å². The van der Waals surface area contributed by atoms with E-state index in [9.17, 15) is 9.59 Å². The smallest absolute Gasteiger partial charge is 0.236 e. The number of hydrogen-bond donors (Lipinski definition) is 3. The number of amides is 2. The summed E-state index contributed by atoms with van der Waals surface area (Å²) < 4.78 is 0. The number of nitrogens with two attached hydrogens (primary N) is 2. The Morgan fingerprint density at radius 3 is 2.44 bits per heavy atom. The van der Waals surface area contributed by atoms with E-state index in [-0.39, 0.29) is 18.9 Å². The van der Waals surface area contributed by atoms with Gasteiger partial charge in [0.15, 0.2) is 0 Å². The van der Waals surface area contributed by atoms with Crippen molar-refractivity contribution in [2.45, 2.75) is 12.5 Å². The van der Waals surface area contributed by atoms with Crippen LogP contribution in [-0.4, -0.2) is 24.4 Å². The van der Waals surface area contributed by atoms with Gasteiger partial charge in [-0.25, -0.2) is 0 Å². The van der Waals surface area contributed by atoms with Crippen LogP contribution in [0.1, 0.15) is 5.56 Å². The molecule has 0 unspecified atom stereocenters. The first-order valence-corrected chi connectivity index (χ1v) is 4.95. The largest absolute Gasteiger partial charge is 0.368 e. The second kappa shape index (κ2) is 5.87. The van der Waals surface area contributed by atoms with E-state index in [4.69, 9.17) is 11.5 Å². The molecule has 5 N–H and O–H groups in total. The van der Waals surface area contributed by atoms with Crippen LogP contribution in [0.4, 0.5) is 0 Å². The van der Waals surface area contributed by atoms with E-state index in [1.165, 1.54) is 0 Å². The van der Waals surface area contributed by atoms with E-state index in [1.54, 1.807) is 0 Å². The van der Waals surface area contributed by atoms with Crippen LogP contribution in [0.3, 0.4) is 0 Å². The summed E-state index contributed by atoms with van der Waals surface area (Å²) in [6.07, 6.45) is 0.270. The SMILES string of the molecule is NC(=O)[C@@H](N)CNC(=O)Cc1ccccc1. The Balaban J connectivity index is 2.35. The molecule has 0 aliphatic rings. The molecule has 5 nitrogen and oxygen atoms in total. The van der Waals surface area contributed by atoms with Gasteiger partial charge in [-0.2, -0.15) is 0 Å². The van der Waals surface area contributed by atoms with Gasteiger partial charge in [0.1, 0.15) is 6.04 Å². The third-order valence-corrected chi connectivity index (χ3v) is 2.09. The fourth-order valence-corrected chi connectivity index (χ4v) is 1.17. The number of nitrogens with one attached hydrogen (secondary N) is 1. The second-order valence-corrected chi connectivity index (χ2v) is 3.48. The molecule has 0 aliphatic heterocycles. The standard InChI is InChI=1S/C11H15N3O2/c12-9(11(13)16)7-14-10(15)6-8-4-2-1-3-5-8/h1-5,9H,6-7,12H2,(H2,13,16)(H,14,15)/t9-/m0/s1. The Morgan fingerprint density at radius 1 is 1.25 bits per heavy atom. The third-order valence-electron chi connectivity index (χ3n) is 2.09. The summed E-state index contributed by atoms with van der Waals surface area (Å²) in [5.41, 5.74) is 11.2. The lowest BCUT2D eigenvalue weighted by atomic mass is 10.1. The molecule has 2 amide bonds. The molecule has 0 radical (unpaired) electrons. The minimum Gasteiger partial charge on any atom is -0.368 e. The van der Waals surface area contributed by atoms with Gasteiger partial charge in [-0.1, -0.05) is 30.3 Å². The molecular formula is C11H15N3O2. The number of hydrogen-bond acceptors (Lipinski definition) is 3. The fraction of sp³-hybridized carbons (Fsp3) is 0.273. The molecule has 1 aromatic carbocycles. The van der Waals surface area contributed by atoms with Crippen LogP contribution in [0, 0.1) is 0 Å². The summed E-state index contributed by atoms with van der Waals surface area (Å²) in [6.45, 7) is 0.0704. The van der Waals surface area contributed by atoms with Crippen molar-refractivity contribution in [3.63, 3.8) is 0 Å². The zero-order valence-electron chi connectivity index (χ0n) is 8.85. The quantitative estimate of drug-likeness (QED) is 0.604. The molecule has 1 atom stereocenters. The van der Waals surface area contributed by atoms with Crippen molar-refractivity contribution in [1.82, 2.24) is 5.32 Å². The van der Waals surface area contributed by atoms with Gasteiger partial charge < -0.3 is 16.8 Å². The zero-order chi connectivity index (χ0) is 12.0. The van der Waals surface area contributed by atoms with Gasteiger partial charge in [-0.05, 0) is 5.56 Å². The lowest BCUT2D eigenvalue weighted by molar-refractivity contribution is -0.121. The predicted octanol–water partition coefficient (Wildman–Crippen LogP) is -0.842. The van der Waals surface area contributed by atoms with Crippen molar-refractivity contribution in [2.75, 3.05) is 6.54 Å². The Hall–Kier alpha value is -1.88. The van der Waals surface area contributed by atoms with Crippen molar-refractivity contribution in [3.8, 4) is 0 Å². The number of carbonyl (C=O) groups is 2. The van der Waals surface area contributed by atoms with Crippen LogP contribution in [0.5, 0.6) is 0 Å². The van der Waals surface area contributed by atoms with Gasteiger partial charge in [-0.3, -0.25) is 9.59 Å². The molecule has 0 fully saturated rings. The average Bonchev–Trinajstić information content (AvgIpc) is 2.27. The van der Waals surface area contributed by atoms with Crippen molar-refractivity contribution < 1.29 is 9.59 Å². The number of benzene rings is 1. The summed E-state index contributed by atoms with van der Waals surface area (Å²) in [7, 11) is 0. The Bertz CT molecular complexity index is 365. The summed E-state index contributed by atoms with van der Waals surface area (Å²) in [4.78, 5) is 22.0. The summed E-state index contributed by atoms with van der Waals surface area (Å²) in [6, 6.07) is 8.47. The molecule has 1 aromatic rings. The van der Waals surface area contributed by atoms with E-state index in [2.05, 4.69) is 5.32 Å². The summed E-state index contributed by atoms with van der Waals surface area (Å²) in [5.74, 6) is -0.803. The van der Waals surface area contributed by atoms with E-state index in [1.807, 2.05) is 30.3 Å². The molecule has 16 heavy (non-hydrogen) atoms. The highest BCUT2D eigenvalue weighted by Crippen LogP contribution is 1.98. The molecule has 0 saturated heterocycles. The van der Waals surface area contributed by atoms with Crippen LogP contribution in [0.15, 0.2) is 30.3 Å². The highest BCUT2D eigenvalue weighted by molar-refractivity contribution is 5.82. The van der Waals surface area contributed by atoms with Gasteiger partial charge in [0, 0.05) is 6.54 Å². The van der Waals surface area contributed by atoms with Crippen molar-refractivity contribution in [3.05, 3.63) is 35.9 Å². The van der Waals surface area contributed by atoms with Gasteiger partial charge in [-0.15, -0.1) is 0 Å². The highest BCUT2D eigenvalue weighted by Gasteiger charge is 2.10. The molecule has 0 bridgehead atoms. The maximum Gasteiger partial charge on any atom is 0.236 e. The molecular weight excluding hydrogens is 206 g/mol. The normalized spacial score (nSPS) is 11.8. The van der Waals surface area contributed by atoms with E-state index in [0.717, 1.165) is 5.56 Å². The number of carbonyl (C=O) groups excluding carboxylic acids is 2. The molecule has 0 heterocycles. The maximum atomic E-state index is 11.4. The Labute approximate surface area is 93.8 Å². The first-order valence-electron chi connectivity index (χ1n) is 4.95. The second-order valence-electron chi connectivity index (χ2n) is 3.48. The molecule has 1 rings (SSSR count). The van der Waals surface area contributed by atoms with Crippen molar-refractivity contribution in [2.24, 2.45) is 11.5 Å². The summed E-state index contributed by atoms with van der Waals surface area (Å²) >= 11 is 0. The van der Waals surface area contributed by atoms with Crippen LogP contribution in [0.25, 0.3) is 0 Å². The number of rotatable bonds is 5. The fourth-order valence-electron chi connectivity index (χ4n) is 1.17. The molecule has 0 aliphatic carbocycles. The van der Waals surface area contributed by atoms with Gasteiger partial charge in [0.05, 0.1) is 6.42 Å². The monoisotopic (exact) mass is 221 g/mol. The van der Waals surface area contributed by atoms with Gasteiger partial charge in [0.2, 0.25) is 11.8 Å². The Kier molecular flexibility index (Phi) is 4.47. The lowest BCUT2D eigenvalue weighted by Gasteiger charge is -2.09. The highest BCUT2D eigenvalue weighted by atomic mass is 16.2. The molecule has 0 aromatic heterocycles. The number of primary amides is 1. The first-order chi connectivity index (χ1) is 7.59. The average molecular weight is 221 g/mol. The lowest BCUT2D eigenvalue weighted by Crippen LogP contribution is -2.46. The topological polar surface area (TPSA) is 98.2 Å². The predicted molar refractivity (Wildman–Crippen MR) is 60.3 cm³/mol. The minimum atomic E-state index is -0.834. The van der Waals surface area contributed by atoms with Crippen LogP contribution >= 0.6 is 0 Å². The van der Waals surface area contributed by atoms with E-state index >= 15 is 0 Å². The van der Waals surface area contributed by atoms with Crippen LogP contribution in [-0.2, 0) is 16.0 Å². The molecule has 0 saturated carbocycles. The summed E-state index contributed by atoms with van der Waals surface area (Å²) in [5, 5.41) is 2.55. The third kappa shape index (κ3) is 4.10. The zero-order valence-corrected chi connectivity index (χ0v) is 8.85. The Morgan fingerprint density at radius 2 is 1.88 bits per heavy atom. The minimum absolute atomic E-state index is 0.0704. The molecule has 0 spiro atoms. The molecule has 5 heteroatoms. The van der Waals surface area contributed by atoms with Crippen molar-refractivity contribution in [1.29, 1.82) is 0 Å². The maximum absolute atomic E-state index is 11.4. The van der Waals surface area contributed by atoms with Gasteiger partial charge in [0.25, 0.3) is 0 Å². The first kappa shape index (κ1) is 12.2. The van der Waals surface area contributed by atoms with Gasteiger partial charge >= 0.3 is 0 Å². The molecule has 86 valence electrons. The van der Waals surface area contributed by atoms with Crippen LogP contribution in [0.2, 0.25) is 0 Å². The van der Waals surface area contributed by atoms with E-state index in [0.29, 0.717) is 0 Å².